The van der Waals surface area contributed by atoms with Gasteiger partial charge in [-0.1, -0.05) is 0 Å². The van der Waals surface area contributed by atoms with Gasteiger partial charge in [0, 0.05) is 27.1 Å². The molecule has 0 amide bonds. The summed E-state index contributed by atoms with van der Waals surface area (Å²) in [5.41, 5.74) is 2.79. The summed E-state index contributed by atoms with van der Waals surface area (Å²) in [6.45, 7) is 1.15. The lowest BCUT2D eigenvalue weighted by Crippen LogP contribution is -2.20. The molecule has 9 heavy (non-hydrogen) atoms. The molecule has 1 heterocycles. The van der Waals surface area contributed by atoms with Crippen LogP contribution in [0.3, 0.4) is 0 Å². The van der Waals surface area contributed by atoms with Crippen molar-refractivity contribution in [3.63, 3.8) is 0 Å². The molecular weight excluding hydrogens is 114 g/mol. The van der Waals surface area contributed by atoms with Crippen molar-refractivity contribution in [3.8, 4) is 0 Å². The summed E-state index contributed by atoms with van der Waals surface area (Å²) in [5.74, 6) is 1.18. The van der Waals surface area contributed by atoms with Crippen molar-refractivity contribution in [2.24, 2.45) is 5.10 Å². The number of hydrazone groups is 1. The molecule has 52 valence electrons. The van der Waals surface area contributed by atoms with E-state index in [-0.39, 0.29) is 0 Å². The predicted molar refractivity (Wildman–Crippen MR) is 38.4 cm³/mol. The number of nitrogens with one attached hydrogen (secondary N) is 1. The highest BCUT2D eigenvalue weighted by Crippen LogP contribution is 2.07. The van der Waals surface area contributed by atoms with Crippen LogP contribution in [-0.2, 0) is 0 Å². The van der Waals surface area contributed by atoms with E-state index in [1.165, 1.54) is 12.3 Å². The van der Waals surface area contributed by atoms with Gasteiger partial charge in [-0.05, 0) is 6.42 Å². The predicted octanol–water partition coefficient (Wildman–Crippen LogP) is 0.245. The third-order valence-corrected chi connectivity index (χ3v) is 1.58. The van der Waals surface area contributed by atoms with Gasteiger partial charge in [0.05, 0.1) is 0 Å². The van der Waals surface area contributed by atoms with Crippen LogP contribution in [0.15, 0.2) is 5.10 Å². The van der Waals surface area contributed by atoms with Crippen LogP contribution in [0, 0.1) is 0 Å². The van der Waals surface area contributed by atoms with Gasteiger partial charge in [0.15, 0.2) is 0 Å². The zero-order chi connectivity index (χ0) is 6.69. The second-order valence-electron chi connectivity index (χ2n) is 2.28. The molecule has 0 aliphatic carbocycles. The minimum atomic E-state index is 1.12. The molecule has 1 aliphatic heterocycles. The molecule has 0 unspecified atom stereocenters. The summed E-state index contributed by atoms with van der Waals surface area (Å²) in [6, 6.07) is 0. The zero-order valence-electron chi connectivity index (χ0n) is 6.02. The van der Waals surface area contributed by atoms with E-state index in [0.717, 1.165) is 13.0 Å². The summed E-state index contributed by atoms with van der Waals surface area (Å²) in [5, 5.41) is 4.10. The van der Waals surface area contributed by atoms with Crippen LogP contribution in [0.1, 0.15) is 12.8 Å². The van der Waals surface area contributed by atoms with Crippen molar-refractivity contribution < 1.29 is 0 Å². The Hall–Kier alpha value is -0.730. The van der Waals surface area contributed by atoms with E-state index in [2.05, 4.69) is 22.5 Å². The molecule has 0 aromatic rings. The summed E-state index contributed by atoms with van der Waals surface area (Å²) >= 11 is 0. The lowest BCUT2D eigenvalue weighted by molar-refractivity contribution is 0.545. The van der Waals surface area contributed by atoms with Crippen LogP contribution < -0.4 is 5.43 Å². The zero-order valence-corrected chi connectivity index (χ0v) is 6.02. The van der Waals surface area contributed by atoms with Gasteiger partial charge in [0.25, 0.3) is 0 Å². The molecule has 0 atom stereocenters. The van der Waals surface area contributed by atoms with Crippen molar-refractivity contribution in [1.82, 2.24) is 10.3 Å². The topological polar surface area (TPSA) is 27.6 Å². The van der Waals surface area contributed by atoms with E-state index >= 15 is 0 Å². The van der Waals surface area contributed by atoms with Crippen LogP contribution in [0.25, 0.3) is 0 Å². The van der Waals surface area contributed by atoms with Crippen LogP contribution in [0.5, 0.6) is 0 Å². The number of rotatable bonds is 1. The van der Waals surface area contributed by atoms with Crippen LogP contribution in [-0.4, -0.2) is 31.4 Å². The molecule has 1 N–H and O–H groups in total. The second kappa shape index (κ2) is 2.71. The van der Waals surface area contributed by atoms with E-state index in [1.807, 2.05) is 7.05 Å². The maximum absolute atomic E-state index is 4.10. The summed E-state index contributed by atoms with van der Waals surface area (Å²) < 4.78 is 0. The first-order valence-electron chi connectivity index (χ1n) is 3.29. The Kier molecular flexibility index (Phi) is 1.92. The van der Waals surface area contributed by atoms with Crippen molar-refractivity contribution in [1.29, 1.82) is 0 Å². The minimum Gasteiger partial charge on any atom is -0.362 e. The van der Waals surface area contributed by atoms with Gasteiger partial charge >= 0.3 is 0 Å². The van der Waals surface area contributed by atoms with Crippen molar-refractivity contribution in [2.45, 2.75) is 12.8 Å². The number of nitrogens with zero attached hydrogens (tertiary/aromatic N) is 2. The maximum atomic E-state index is 4.10. The first-order valence-corrected chi connectivity index (χ1v) is 3.29. The summed E-state index contributed by atoms with van der Waals surface area (Å²) in [4.78, 5) is 2.18. The average Bonchev–Trinajstić information content (AvgIpc) is 2.18. The van der Waals surface area contributed by atoms with Gasteiger partial charge in [-0.15, -0.1) is 0 Å². The Morgan fingerprint density at radius 1 is 1.67 bits per heavy atom. The van der Waals surface area contributed by atoms with E-state index in [1.54, 1.807) is 0 Å². The van der Waals surface area contributed by atoms with Gasteiger partial charge in [0.1, 0.15) is 5.84 Å². The molecule has 1 aliphatic rings. The van der Waals surface area contributed by atoms with Crippen LogP contribution in [0.4, 0.5) is 0 Å². The summed E-state index contributed by atoms with van der Waals surface area (Å²) in [7, 11) is 3.91. The second-order valence-corrected chi connectivity index (χ2v) is 2.28. The highest BCUT2D eigenvalue weighted by atomic mass is 15.3. The lowest BCUT2D eigenvalue weighted by Gasteiger charge is -2.09. The molecular formula is C6H13N3. The van der Waals surface area contributed by atoms with E-state index in [9.17, 15) is 0 Å². The minimum absolute atomic E-state index is 1.12. The Morgan fingerprint density at radius 3 is 2.89 bits per heavy atom. The third-order valence-electron chi connectivity index (χ3n) is 1.58. The maximum Gasteiger partial charge on any atom is 0.124 e. The molecule has 0 aromatic carbocycles. The lowest BCUT2D eigenvalue weighted by atomic mass is 10.4. The largest absolute Gasteiger partial charge is 0.362 e. The average molecular weight is 127 g/mol. The van der Waals surface area contributed by atoms with E-state index in [0.29, 0.717) is 0 Å². The van der Waals surface area contributed by atoms with Crippen molar-refractivity contribution in [2.75, 3.05) is 20.6 Å². The molecule has 0 radical (unpaired) electrons. The van der Waals surface area contributed by atoms with E-state index in [4.69, 9.17) is 0 Å². The van der Waals surface area contributed by atoms with Gasteiger partial charge < -0.3 is 10.3 Å². The Bertz CT molecular complexity index is 119. The summed E-state index contributed by atoms with van der Waals surface area (Å²) in [6.07, 6.45) is 2.37. The van der Waals surface area contributed by atoms with Crippen LogP contribution in [0.2, 0.25) is 0 Å². The molecule has 3 nitrogen and oxygen atoms in total. The molecule has 1 saturated heterocycles. The standard InChI is InChI=1S/C6H13N3/c1-7-8-6-4-3-5-9(6)2/h7H,3-5H2,1-2H3. The fourth-order valence-electron chi connectivity index (χ4n) is 1.06. The van der Waals surface area contributed by atoms with Crippen LogP contribution >= 0.6 is 0 Å². The molecule has 0 saturated carbocycles. The Morgan fingerprint density at radius 2 is 2.44 bits per heavy atom. The quantitative estimate of drug-likeness (QED) is 0.511. The molecule has 0 bridgehead atoms. The smallest absolute Gasteiger partial charge is 0.124 e. The monoisotopic (exact) mass is 127 g/mol. The Balaban J connectivity index is 2.48. The number of amidine groups is 1. The molecule has 0 aromatic heterocycles. The molecule has 0 spiro atoms. The molecule has 1 fully saturated rings. The van der Waals surface area contributed by atoms with Gasteiger partial charge in [-0.3, -0.25) is 0 Å². The van der Waals surface area contributed by atoms with E-state index < -0.39 is 0 Å². The first kappa shape index (κ1) is 6.39. The number of likely N-dealkylation sites (tertiary alicyclic amines) is 1. The number of hydrogen-bond donors (Lipinski definition) is 1. The molecule has 3 heteroatoms. The highest BCUT2D eigenvalue weighted by Gasteiger charge is 2.12. The Labute approximate surface area is 55.7 Å². The van der Waals surface area contributed by atoms with Crippen molar-refractivity contribution >= 4 is 5.84 Å². The molecule has 1 rings (SSSR count). The first-order chi connectivity index (χ1) is 4.34. The van der Waals surface area contributed by atoms with Gasteiger partial charge in [-0.2, -0.15) is 5.10 Å². The van der Waals surface area contributed by atoms with Gasteiger partial charge in [0.2, 0.25) is 0 Å². The number of hydrogen-bond acceptors (Lipinski definition) is 2. The van der Waals surface area contributed by atoms with Gasteiger partial charge in [-0.25, -0.2) is 0 Å². The highest BCUT2D eigenvalue weighted by molar-refractivity contribution is 5.83. The van der Waals surface area contributed by atoms with Crippen molar-refractivity contribution in [3.05, 3.63) is 0 Å². The SMILES string of the molecule is CNN=C1CCCN1C. The fourth-order valence-corrected chi connectivity index (χ4v) is 1.06. The fraction of sp³-hybridized carbons (Fsp3) is 0.833. The normalized spacial score (nSPS) is 23.3. The third kappa shape index (κ3) is 1.34.